The molecule has 2 rings (SSSR count). The summed E-state index contributed by atoms with van der Waals surface area (Å²) in [5.41, 5.74) is -0.610. The molecule has 2 saturated heterocycles. The first-order chi connectivity index (χ1) is 8.03. The molecule has 0 radical (unpaired) electrons. The molecule has 3 unspecified atom stereocenters. The van der Waals surface area contributed by atoms with Crippen molar-refractivity contribution in [3.05, 3.63) is 0 Å². The zero-order valence-corrected chi connectivity index (χ0v) is 10.8. The van der Waals surface area contributed by atoms with Crippen LogP contribution < -0.4 is 0 Å². The molecule has 4 nitrogen and oxygen atoms in total. The maximum absolute atomic E-state index is 12.5. The van der Waals surface area contributed by atoms with Gasteiger partial charge in [-0.05, 0) is 46.0 Å². The Bertz CT molecular complexity index is 284. The summed E-state index contributed by atoms with van der Waals surface area (Å²) in [6, 6.07) is 0.198. The van der Waals surface area contributed by atoms with E-state index in [0.717, 1.165) is 32.2 Å². The molecule has 2 aliphatic heterocycles. The number of likely N-dealkylation sites (tertiary alicyclic amines) is 1. The lowest BCUT2D eigenvalue weighted by atomic mass is 9.99. The van der Waals surface area contributed by atoms with E-state index in [1.165, 1.54) is 0 Å². The SMILES string of the molecule is CC(O)CC1CCCN1C(=O)C1(C)CCCO1. The first-order valence-corrected chi connectivity index (χ1v) is 6.66. The number of hydrogen-bond acceptors (Lipinski definition) is 3. The molecular weight excluding hydrogens is 218 g/mol. The summed E-state index contributed by atoms with van der Waals surface area (Å²) in [6.45, 7) is 5.20. The van der Waals surface area contributed by atoms with Gasteiger partial charge in [0.05, 0.1) is 6.10 Å². The van der Waals surface area contributed by atoms with Gasteiger partial charge in [-0.25, -0.2) is 0 Å². The largest absolute Gasteiger partial charge is 0.393 e. The molecule has 4 heteroatoms. The van der Waals surface area contributed by atoms with E-state index in [0.29, 0.717) is 13.0 Å². The van der Waals surface area contributed by atoms with Crippen molar-refractivity contribution >= 4 is 5.91 Å². The average molecular weight is 241 g/mol. The lowest BCUT2D eigenvalue weighted by Gasteiger charge is -2.32. The van der Waals surface area contributed by atoms with Crippen LogP contribution in [0.1, 0.15) is 46.0 Å². The average Bonchev–Trinajstić information content (AvgIpc) is 2.86. The minimum absolute atomic E-state index is 0.123. The molecule has 0 saturated carbocycles. The fourth-order valence-electron chi connectivity index (χ4n) is 2.99. The van der Waals surface area contributed by atoms with Crippen LogP contribution in [0.5, 0.6) is 0 Å². The predicted molar refractivity (Wildman–Crippen MR) is 64.6 cm³/mol. The molecule has 0 spiro atoms. The zero-order chi connectivity index (χ0) is 12.5. The molecule has 3 atom stereocenters. The van der Waals surface area contributed by atoms with Gasteiger partial charge >= 0.3 is 0 Å². The number of aliphatic hydroxyl groups excluding tert-OH is 1. The summed E-state index contributed by atoms with van der Waals surface area (Å²) in [5.74, 6) is 0.123. The Morgan fingerprint density at radius 3 is 2.94 bits per heavy atom. The van der Waals surface area contributed by atoms with Crippen molar-refractivity contribution in [2.24, 2.45) is 0 Å². The van der Waals surface area contributed by atoms with Gasteiger partial charge in [0.1, 0.15) is 5.60 Å². The highest BCUT2D eigenvalue weighted by molar-refractivity contribution is 5.85. The van der Waals surface area contributed by atoms with E-state index < -0.39 is 5.60 Å². The Kier molecular flexibility index (Phi) is 3.73. The van der Waals surface area contributed by atoms with Crippen LogP contribution >= 0.6 is 0 Å². The number of ether oxygens (including phenoxy) is 1. The van der Waals surface area contributed by atoms with Crippen LogP contribution in [-0.2, 0) is 9.53 Å². The molecule has 2 fully saturated rings. The number of hydrogen-bond donors (Lipinski definition) is 1. The van der Waals surface area contributed by atoms with Crippen LogP contribution in [0.4, 0.5) is 0 Å². The first-order valence-electron chi connectivity index (χ1n) is 6.66. The normalized spacial score (nSPS) is 35.2. The number of rotatable bonds is 3. The Balaban J connectivity index is 2.02. The van der Waals surface area contributed by atoms with E-state index in [9.17, 15) is 9.90 Å². The van der Waals surface area contributed by atoms with Crippen molar-refractivity contribution in [2.45, 2.75) is 63.7 Å². The van der Waals surface area contributed by atoms with Crippen LogP contribution in [0.2, 0.25) is 0 Å². The third-order valence-corrected chi connectivity index (χ3v) is 3.92. The monoisotopic (exact) mass is 241 g/mol. The highest BCUT2D eigenvalue weighted by Crippen LogP contribution is 2.31. The molecule has 0 aromatic rings. The Labute approximate surface area is 103 Å². The molecule has 2 heterocycles. The van der Waals surface area contributed by atoms with Crippen molar-refractivity contribution in [1.29, 1.82) is 0 Å². The van der Waals surface area contributed by atoms with E-state index in [1.54, 1.807) is 6.92 Å². The molecule has 17 heavy (non-hydrogen) atoms. The van der Waals surface area contributed by atoms with Crippen molar-refractivity contribution in [3.63, 3.8) is 0 Å². The number of amides is 1. The maximum Gasteiger partial charge on any atom is 0.254 e. The summed E-state index contributed by atoms with van der Waals surface area (Å²) >= 11 is 0. The van der Waals surface area contributed by atoms with Gasteiger partial charge in [0.25, 0.3) is 5.91 Å². The van der Waals surface area contributed by atoms with Crippen molar-refractivity contribution in [3.8, 4) is 0 Å². The lowest BCUT2D eigenvalue weighted by Crippen LogP contribution is -2.49. The van der Waals surface area contributed by atoms with Crippen LogP contribution in [0.15, 0.2) is 0 Å². The summed E-state index contributed by atoms with van der Waals surface area (Å²) in [5, 5.41) is 9.47. The predicted octanol–water partition coefficient (Wildman–Crippen LogP) is 1.32. The van der Waals surface area contributed by atoms with E-state index in [-0.39, 0.29) is 18.1 Å². The fraction of sp³-hybridized carbons (Fsp3) is 0.923. The topological polar surface area (TPSA) is 49.8 Å². The van der Waals surface area contributed by atoms with Gasteiger partial charge in [-0.1, -0.05) is 0 Å². The van der Waals surface area contributed by atoms with E-state index in [1.807, 2.05) is 11.8 Å². The van der Waals surface area contributed by atoms with Crippen LogP contribution in [0.3, 0.4) is 0 Å². The quantitative estimate of drug-likeness (QED) is 0.810. The molecule has 0 bridgehead atoms. The van der Waals surface area contributed by atoms with Gasteiger partial charge in [0, 0.05) is 19.2 Å². The molecule has 1 amide bonds. The number of aliphatic hydroxyl groups is 1. The second-order valence-electron chi connectivity index (χ2n) is 5.56. The summed E-state index contributed by atoms with van der Waals surface area (Å²) in [4.78, 5) is 14.4. The molecule has 98 valence electrons. The van der Waals surface area contributed by atoms with E-state index >= 15 is 0 Å². The standard InChI is InChI=1S/C13H23NO3/c1-10(15)9-11-5-3-7-14(11)12(16)13(2)6-4-8-17-13/h10-11,15H,3-9H2,1-2H3. The summed E-state index contributed by atoms with van der Waals surface area (Å²) < 4.78 is 5.61. The fourth-order valence-corrected chi connectivity index (χ4v) is 2.99. The van der Waals surface area contributed by atoms with Crippen molar-refractivity contribution in [1.82, 2.24) is 4.90 Å². The van der Waals surface area contributed by atoms with Crippen LogP contribution in [-0.4, -0.2) is 46.8 Å². The second-order valence-corrected chi connectivity index (χ2v) is 5.56. The number of nitrogens with zero attached hydrogens (tertiary/aromatic N) is 1. The molecule has 1 N–H and O–H groups in total. The van der Waals surface area contributed by atoms with E-state index in [4.69, 9.17) is 4.74 Å². The minimum Gasteiger partial charge on any atom is -0.393 e. The second kappa shape index (κ2) is 4.94. The van der Waals surface area contributed by atoms with Crippen LogP contribution in [0, 0.1) is 0 Å². The Hall–Kier alpha value is -0.610. The van der Waals surface area contributed by atoms with Crippen molar-refractivity contribution in [2.75, 3.05) is 13.2 Å². The number of carbonyl (C=O) groups is 1. The molecular formula is C13H23NO3. The van der Waals surface area contributed by atoms with Gasteiger partial charge in [-0.2, -0.15) is 0 Å². The van der Waals surface area contributed by atoms with Gasteiger partial charge in [0.2, 0.25) is 0 Å². The Morgan fingerprint density at radius 1 is 1.59 bits per heavy atom. The van der Waals surface area contributed by atoms with E-state index in [2.05, 4.69) is 0 Å². The van der Waals surface area contributed by atoms with Gasteiger partial charge in [-0.3, -0.25) is 4.79 Å². The minimum atomic E-state index is -0.610. The van der Waals surface area contributed by atoms with Crippen molar-refractivity contribution < 1.29 is 14.6 Å². The third-order valence-electron chi connectivity index (χ3n) is 3.92. The van der Waals surface area contributed by atoms with Gasteiger partial charge in [-0.15, -0.1) is 0 Å². The molecule has 0 aromatic carbocycles. The first kappa shape index (κ1) is 12.8. The lowest BCUT2D eigenvalue weighted by molar-refractivity contribution is -0.152. The van der Waals surface area contributed by atoms with Gasteiger partial charge in [0.15, 0.2) is 0 Å². The molecule has 0 aliphatic carbocycles. The van der Waals surface area contributed by atoms with Gasteiger partial charge < -0.3 is 14.7 Å². The molecule has 2 aliphatic rings. The zero-order valence-electron chi connectivity index (χ0n) is 10.8. The third kappa shape index (κ3) is 2.63. The summed E-state index contributed by atoms with van der Waals surface area (Å²) in [7, 11) is 0. The highest BCUT2D eigenvalue weighted by atomic mass is 16.5. The smallest absolute Gasteiger partial charge is 0.254 e. The van der Waals surface area contributed by atoms with Crippen LogP contribution in [0.25, 0.3) is 0 Å². The maximum atomic E-state index is 12.5. The summed E-state index contributed by atoms with van der Waals surface area (Å²) in [6.07, 6.45) is 4.18. The highest BCUT2D eigenvalue weighted by Gasteiger charge is 2.43. The molecule has 0 aromatic heterocycles. The number of carbonyl (C=O) groups excluding carboxylic acids is 1. The Morgan fingerprint density at radius 2 is 2.35 bits per heavy atom.